The number of nitrogens with zero attached hydrogens (tertiary/aromatic N) is 2. The number of para-hydroxylation sites is 2. The first kappa shape index (κ1) is 28.3. The highest BCUT2D eigenvalue weighted by atomic mass is 16.5. The van der Waals surface area contributed by atoms with Gasteiger partial charge >= 0.3 is 6.03 Å². The topological polar surface area (TPSA) is 85.9 Å². The minimum Gasteiger partial charge on any atom is -0.495 e. The summed E-state index contributed by atoms with van der Waals surface area (Å²) in [5.41, 5.74) is 5.08. The highest BCUT2D eigenvalue weighted by Crippen LogP contribution is 2.31. The summed E-state index contributed by atoms with van der Waals surface area (Å²) in [5.74, 6) is 0.779. The number of hydrogen-bond donors (Lipinski definition) is 3. The molecule has 2 aliphatic rings. The van der Waals surface area contributed by atoms with Crippen molar-refractivity contribution in [2.75, 3.05) is 53.7 Å². The Kier molecular flexibility index (Phi) is 9.29. The summed E-state index contributed by atoms with van der Waals surface area (Å²) in [7, 11) is 1.70. The van der Waals surface area contributed by atoms with Crippen LogP contribution >= 0.6 is 0 Å². The lowest BCUT2D eigenvalue weighted by atomic mass is 9.95. The van der Waals surface area contributed by atoms with Crippen LogP contribution in [0.3, 0.4) is 0 Å². The van der Waals surface area contributed by atoms with E-state index in [1.165, 1.54) is 12.0 Å². The number of rotatable bonds is 8. The highest BCUT2D eigenvalue weighted by molar-refractivity contribution is 6.04. The van der Waals surface area contributed by atoms with Gasteiger partial charge in [-0.1, -0.05) is 50.5 Å². The summed E-state index contributed by atoms with van der Waals surface area (Å²) in [5, 5.41) is 9.08. The lowest BCUT2D eigenvalue weighted by molar-refractivity contribution is 0.0928. The number of ether oxygens (including phenoxy) is 1. The first-order chi connectivity index (χ1) is 20.0. The van der Waals surface area contributed by atoms with Gasteiger partial charge in [0.1, 0.15) is 5.75 Å². The van der Waals surface area contributed by atoms with Crippen LogP contribution in [0.1, 0.15) is 54.9 Å². The Bertz CT molecular complexity index is 1330. The fourth-order valence-corrected chi connectivity index (χ4v) is 5.78. The molecule has 0 bridgehead atoms. The minimum absolute atomic E-state index is 0.0849. The van der Waals surface area contributed by atoms with E-state index in [0.29, 0.717) is 11.3 Å². The molecule has 0 radical (unpaired) electrons. The van der Waals surface area contributed by atoms with Gasteiger partial charge in [0.25, 0.3) is 5.91 Å². The molecule has 0 aromatic heterocycles. The molecule has 41 heavy (non-hydrogen) atoms. The van der Waals surface area contributed by atoms with Gasteiger partial charge in [-0.2, -0.15) is 0 Å². The number of amides is 3. The smallest absolute Gasteiger partial charge is 0.323 e. The maximum atomic E-state index is 13.6. The molecule has 3 aromatic carbocycles. The van der Waals surface area contributed by atoms with Crippen molar-refractivity contribution >= 4 is 34.7 Å². The zero-order valence-corrected chi connectivity index (χ0v) is 24.1. The molecule has 1 saturated heterocycles. The minimum atomic E-state index is -0.342. The van der Waals surface area contributed by atoms with Crippen molar-refractivity contribution in [3.8, 4) is 5.75 Å². The zero-order chi connectivity index (χ0) is 28.6. The van der Waals surface area contributed by atoms with Crippen LogP contribution in [-0.4, -0.2) is 51.3 Å². The Morgan fingerprint density at radius 1 is 0.805 bits per heavy atom. The largest absolute Gasteiger partial charge is 0.495 e. The molecule has 8 nitrogen and oxygen atoms in total. The van der Waals surface area contributed by atoms with E-state index >= 15 is 0 Å². The Balaban J connectivity index is 1.32. The number of carbonyl (C=O) groups excluding carboxylic acids is 2. The van der Waals surface area contributed by atoms with E-state index in [-0.39, 0.29) is 18.0 Å². The van der Waals surface area contributed by atoms with Crippen LogP contribution in [-0.2, 0) is 6.42 Å². The Morgan fingerprint density at radius 3 is 2.12 bits per heavy atom. The normalized spacial score (nSPS) is 15.8. The number of urea groups is 1. The SMILES string of the molecule is CCc1ccc(NC(=O)Nc2ccc(N3CCN(c4ccccc4OC)CC3)c(C(=O)NC3CCCCC3)c2)cc1. The van der Waals surface area contributed by atoms with Gasteiger partial charge in [0.15, 0.2) is 0 Å². The Hall–Kier alpha value is -4.20. The van der Waals surface area contributed by atoms with Gasteiger partial charge in [0.2, 0.25) is 0 Å². The number of benzene rings is 3. The van der Waals surface area contributed by atoms with Crippen molar-refractivity contribution in [3.63, 3.8) is 0 Å². The number of anilines is 4. The lowest BCUT2D eigenvalue weighted by Crippen LogP contribution is -2.47. The van der Waals surface area contributed by atoms with E-state index in [2.05, 4.69) is 38.7 Å². The molecular formula is C33H41N5O3. The average Bonchev–Trinajstić information content (AvgIpc) is 3.02. The molecule has 3 N–H and O–H groups in total. The first-order valence-electron chi connectivity index (χ1n) is 14.8. The predicted molar refractivity (Wildman–Crippen MR) is 167 cm³/mol. The molecule has 3 amide bonds. The van der Waals surface area contributed by atoms with Crippen LogP contribution in [0.4, 0.5) is 27.5 Å². The highest BCUT2D eigenvalue weighted by Gasteiger charge is 2.25. The van der Waals surface area contributed by atoms with Crippen molar-refractivity contribution in [3.05, 3.63) is 77.9 Å². The van der Waals surface area contributed by atoms with Crippen molar-refractivity contribution in [2.24, 2.45) is 0 Å². The average molecular weight is 556 g/mol. The maximum Gasteiger partial charge on any atom is 0.323 e. The molecule has 1 heterocycles. The molecule has 0 atom stereocenters. The Morgan fingerprint density at radius 2 is 1.44 bits per heavy atom. The van der Waals surface area contributed by atoms with Crippen LogP contribution in [0.5, 0.6) is 5.75 Å². The van der Waals surface area contributed by atoms with Gasteiger partial charge in [-0.05, 0) is 67.3 Å². The summed E-state index contributed by atoms with van der Waals surface area (Å²) in [6.07, 6.45) is 6.48. The summed E-state index contributed by atoms with van der Waals surface area (Å²) in [6, 6.07) is 21.4. The van der Waals surface area contributed by atoms with Gasteiger partial charge in [0, 0.05) is 49.3 Å². The van der Waals surface area contributed by atoms with Gasteiger partial charge in [-0.15, -0.1) is 0 Å². The van der Waals surface area contributed by atoms with E-state index in [9.17, 15) is 9.59 Å². The number of hydrogen-bond acceptors (Lipinski definition) is 5. The monoisotopic (exact) mass is 555 g/mol. The fourth-order valence-electron chi connectivity index (χ4n) is 5.78. The van der Waals surface area contributed by atoms with Crippen molar-refractivity contribution in [1.29, 1.82) is 0 Å². The third-order valence-electron chi connectivity index (χ3n) is 8.11. The van der Waals surface area contributed by atoms with Crippen LogP contribution in [0.15, 0.2) is 66.7 Å². The second-order valence-corrected chi connectivity index (χ2v) is 10.8. The van der Waals surface area contributed by atoms with Gasteiger partial charge in [-0.25, -0.2) is 4.79 Å². The number of piperazine rings is 1. The van der Waals surface area contributed by atoms with Crippen molar-refractivity contribution in [2.45, 2.75) is 51.5 Å². The van der Waals surface area contributed by atoms with E-state index in [1.807, 2.05) is 54.6 Å². The second-order valence-electron chi connectivity index (χ2n) is 10.8. The molecular weight excluding hydrogens is 514 g/mol. The zero-order valence-electron chi connectivity index (χ0n) is 24.1. The van der Waals surface area contributed by atoms with Gasteiger partial charge in [-0.3, -0.25) is 4.79 Å². The quantitative estimate of drug-likeness (QED) is 0.304. The van der Waals surface area contributed by atoms with E-state index in [0.717, 1.165) is 81.1 Å². The fraction of sp³-hybridized carbons (Fsp3) is 0.394. The molecule has 216 valence electrons. The standard InChI is InChI=1S/C33H41N5O3/c1-3-24-13-15-26(16-14-24)35-33(40)36-27-17-18-29(28(23-27)32(39)34-25-9-5-4-6-10-25)37-19-21-38(22-20-37)30-11-7-8-12-31(30)41-2/h7-8,11-18,23,25H,3-6,9-10,19-22H2,1-2H3,(H,34,39)(H2,35,36,40). The Labute approximate surface area is 243 Å². The van der Waals surface area contributed by atoms with Crippen LogP contribution in [0.2, 0.25) is 0 Å². The third kappa shape index (κ3) is 7.12. The summed E-state index contributed by atoms with van der Waals surface area (Å²) < 4.78 is 5.58. The molecule has 8 heteroatoms. The molecule has 1 aliphatic carbocycles. The van der Waals surface area contributed by atoms with Crippen LogP contribution in [0, 0.1) is 0 Å². The lowest BCUT2D eigenvalue weighted by Gasteiger charge is -2.38. The molecule has 1 saturated carbocycles. The maximum absolute atomic E-state index is 13.6. The second kappa shape index (κ2) is 13.4. The molecule has 2 fully saturated rings. The third-order valence-corrected chi connectivity index (χ3v) is 8.11. The molecule has 0 spiro atoms. The van der Waals surface area contributed by atoms with Crippen molar-refractivity contribution < 1.29 is 14.3 Å². The molecule has 5 rings (SSSR count). The molecule has 3 aromatic rings. The summed E-state index contributed by atoms with van der Waals surface area (Å²) >= 11 is 0. The summed E-state index contributed by atoms with van der Waals surface area (Å²) in [6.45, 7) is 5.25. The van der Waals surface area contributed by atoms with Crippen molar-refractivity contribution in [1.82, 2.24) is 5.32 Å². The van der Waals surface area contributed by atoms with E-state index in [1.54, 1.807) is 13.2 Å². The van der Waals surface area contributed by atoms with Gasteiger partial charge < -0.3 is 30.5 Å². The van der Waals surface area contributed by atoms with Crippen LogP contribution < -0.4 is 30.5 Å². The number of aryl methyl sites for hydroxylation is 1. The number of nitrogens with one attached hydrogen (secondary N) is 3. The van der Waals surface area contributed by atoms with E-state index in [4.69, 9.17) is 4.74 Å². The molecule has 0 unspecified atom stereocenters. The number of methoxy groups -OCH3 is 1. The van der Waals surface area contributed by atoms with Gasteiger partial charge in [0.05, 0.1) is 18.4 Å². The molecule has 1 aliphatic heterocycles. The predicted octanol–water partition coefficient (Wildman–Crippen LogP) is 6.29. The number of carbonyl (C=O) groups is 2. The van der Waals surface area contributed by atoms with Crippen LogP contribution in [0.25, 0.3) is 0 Å². The first-order valence-corrected chi connectivity index (χ1v) is 14.8. The van der Waals surface area contributed by atoms with E-state index < -0.39 is 0 Å². The summed E-state index contributed by atoms with van der Waals surface area (Å²) in [4.78, 5) is 31.0.